The van der Waals surface area contributed by atoms with Crippen LogP contribution < -0.4 is 10.6 Å². The molecule has 0 aliphatic carbocycles. The van der Waals surface area contributed by atoms with Crippen molar-refractivity contribution in [2.24, 2.45) is 0 Å². The van der Waals surface area contributed by atoms with E-state index < -0.39 is 6.04 Å². The highest BCUT2D eigenvalue weighted by molar-refractivity contribution is 7.18. The molecule has 2 N–H and O–H groups in total. The van der Waals surface area contributed by atoms with E-state index in [4.69, 9.17) is 4.98 Å². The zero-order valence-corrected chi connectivity index (χ0v) is 16.9. The van der Waals surface area contributed by atoms with Gasteiger partial charge >= 0.3 is 0 Å². The minimum atomic E-state index is -0.908. The lowest BCUT2D eigenvalue weighted by molar-refractivity contribution is -0.134. The van der Waals surface area contributed by atoms with E-state index in [1.54, 1.807) is 40.5 Å². The molecule has 3 heterocycles. The Morgan fingerprint density at radius 2 is 1.93 bits per heavy atom. The monoisotopic (exact) mass is 420 g/mol. The van der Waals surface area contributed by atoms with Gasteiger partial charge in [0, 0.05) is 6.54 Å². The smallest absolute Gasteiger partial charge is 0.254 e. The fourth-order valence-electron chi connectivity index (χ4n) is 4.10. The summed E-state index contributed by atoms with van der Waals surface area (Å²) in [4.78, 5) is 44.8. The number of likely N-dealkylation sites (tertiary alicyclic amines) is 1. The minimum absolute atomic E-state index is 0.0764. The number of carbonyl (C=O) groups excluding carboxylic acids is 3. The van der Waals surface area contributed by atoms with Gasteiger partial charge in [-0.1, -0.05) is 24.3 Å². The summed E-state index contributed by atoms with van der Waals surface area (Å²) in [5.41, 5.74) is 1.79. The van der Waals surface area contributed by atoms with Crippen LogP contribution in [-0.2, 0) is 9.59 Å². The van der Waals surface area contributed by atoms with Gasteiger partial charge in [0.2, 0.25) is 11.8 Å². The Labute approximate surface area is 177 Å². The fraction of sp³-hybridized carbons (Fsp3) is 0.273. The number of para-hydroxylation sites is 2. The summed E-state index contributed by atoms with van der Waals surface area (Å²) < 4.78 is 1.10. The standard InChI is InChI=1S/C22H20N4O3S/c27-19(12-16-21(29)23-14-7-2-1-6-13(14)20(28)24-16)26-11-5-9-17(26)22-25-15-8-3-4-10-18(15)30-22/h1-4,6-8,10,16-17H,5,9,11-12H2,(H,23,29)(H,24,28)/t16-,17?/m0/s1. The number of nitrogens with zero attached hydrogens (tertiary/aromatic N) is 2. The van der Waals surface area contributed by atoms with Crippen LogP contribution in [0.1, 0.15) is 40.7 Å². The largest absolute Gasteiger partial charge is 0.340 e. The highest BCUT2D eigenvalue weighted by atomic mass is 32.1. The van der Waals surface area contributed by atoms with Crippen LogP contribution in [0.5, 0.6) is 0 Å². The van der Waals surface area contributed by atoms with Crippen LogP contribution in [0.4, 0.5) is 5.69 Å². The van der Waals surface area contributed by atoms with Gasteiger partial charge in [-0.05, 0) is 37.1 Å². The molecule has 1 aromatic heterocycles. The highest BCUT2D eigenvalue weighted by Crippen LogP contribution is 2.37. The Morgan fingerprint density at radius 3 is 2.80 bits per heavy atom. The molecule has 0 radical (unpaired) electrons. The van der Waals surface area contributed by atoms with Crippen molar-refractivity contribution in [1.29, 1.82) is 0 Å². The van der Waals surface area contributed by atoms with Crippen LogP contribution in [0.3, 0.4) is 0 Å². The van der Waals surface area contributed by atoms with Crippen molar-refractivity contribution in [3.05, 3.63) is 59.1 Å². The van der Waals surface area contributed by atoms with Crippen LogP contribution in [0.15, 0.2) is 48.5 Å². The van der Waals surface area contributed by atoms with Gasteiger partial charge in [-0.25, -0.2) is 4.98 Å². The van der Waals surface area contributed by atoms with E-state index in [0.717, 1.165) is 28.1 Å². The second-order valence-electron chi connectivity index (χ2n) is 7.53. The van der Waals surface area contributed by atoms with Crippen molar-refractivity contribution in [2.75, 3.05) is 11.9 Å². The highest BCUT2D eigenvalue weighted by Gasteiger charge is 2.36. The van der Waals surface area contributed by atoms with Crippen LogP contribution in [0.2, 0.25) is 0 Å². The number of fused-ring (bicyclic) bond motifs is 2. The molecule has 3 aromatic rings. The number of benzene rings is 2. The second-order valence-corrected chi connectivity index (χ2v) is 8.59. The summed E-state index contributed by atoms with van der Waals surface area (Å²) >= 11 is 1.60. The normalized spacial score (nSPS) is 21.1. The third-order valence-electron chi connectivity index (χ3n) is 5.60. The van der Waals surface area contributed by atoms with Crippen molar-refractivity contribution in [3.63, 3.8) is 0 Å². The molecule has 3 amide bonds. The zero-order chi connectivity index (χ0) is 20.7. The van der Waals surface area contributed by atoms with Crippen molar-refractivity contribution < 1.29 is 14.4 Å². The van der Waals surface area contributed by atoms with Crippen molar-refractivity contribution in [3.8, 4) is 0 Å². The van der Waals surface area contributed by atoms with Gasteiger partial charge in [0.1, 0.15) is 11.0 Å². The van der Waals surface area contributed by atoms with E-state index >= 15 is 0 Å². The Kier molecular flexibility index (Phi) is 4.71. The first kappa shape index (κ1) is 18.7. The van der Waals surface area contributed by atoms with E-state index in [2.05, 4.69) is 10.6 Å². The number of carbonyl (C=O) groups is 3. The molecular weight excluding hydrogens is 400 g/mol. The van der Waals surface area contributed by atoms with E-state index in [-0.39, 0.29) is 30.2 Å². The first-order valence-electron chi connectivity index (χ1n) is 9.96. The van der Waals surface area contributed by atoms with Gasteiger partial charge in [-0.3, -0.25) is 14.4 Å². The summed E-state index contributed by atoms with van der Waals surface area (Å²) in [5, 5.41) is 6.38. The zero-order valence-electron chi connectivity index (χ0n) is 16.1. The first-order chi connectivity index (χ1) is 14.6. The third-order valence-corrected chi connectivity index (χ3v) is 6.74. The average molecular weight is 420 g/mol. The van der Waals surface area contributed by atoms with E-state index in [9.17, 15) is 14.4 Å². The van der Waals surface area contributed by atoms with E-state index in [1.807, 2.05) is 24.3 Å². The molecule has 5 rings (SSSR count). The second kappa shape index (κ2) is 7.53. The molecule has 8 heteroatoms. The molecule has 7 nitrogen and oxygen atoms in total. The predicted octanol–water partition coefficient (Wildman–Crippen LogP) is 3.10. The summed E-state index contributed by atoms with van der Waals surface area (Å²) in [6.45, 7) is 0.627. The Bertz CT molecular complexity index is 1120. The number of anilines is 1. The predicted molar refractivity (Wildman–Crippen MR) is 114 cm³/mol. The molecule has 0 spiro atoms. The maximum atomic E-state index is 13.1. The summed E-state index contributed by atoms with van der Waals surface area (Å²) in [5.74, 6) is -0.883. The van der Waals surface area contributed by atoms with Gasteiger partial charge in [0.25, 0.3) is 5.91 Å². The van der Waals surface area contributed by atoms with Gasteiger partial charge in [-0.15, -0.1) is 11.3 Å². The molecule has 2 aromatic carbocycles. The van der Waals surface area contributed by atoms with Crippen molar-refractivity contribution in [1.82, 2.24) is 15.2 Å². The lowest BCUT2D eigenvalue weighted by Gasteiger charge is -2.25. The Hall–Kier alpha value is -3.26. The molecule has 0 bridgehead atoms. The number of amides is 3. The summed E-state index contributed by atoms with van der Waals surface area (Å²) in [7, 11) is 0. The van der Waals surface area contributed by atoms with Gasteiger partial charge in [0.05, 0.1) is 33.9 Å². The maximum absolute atomic E-state index is 13.1. The molecule has 30 heavy (non-hydrogen) atoms. The summed E-state index contributed by atoms with van der Waals surface area (Å²) in [6, 6.07) is 13.8. The topological polar surface area (TPSA) is 91.4 Å². The van der Waals surface area contributed by atoms with Crippen molar-refractivity contribution >= 4 is 45.0 Å². The minimum Gasteiger partial charge on any atom is -0.340 e. The van der Waals surface area contributed by atoms with Crippen LogP contribution in [-0.4, -0.2) is 40.2 Å². The van der Waals surface area contributed by atoms with Gasteiger partial charge < -0.3 is 15.5 Å². The lowest BCUT2D eigenvalue weighted by Crippen LogP contribution is -2.45. The molecule has 2 atom stereocenters. The number of aromatic nitrogens is 1. The van der Waals surface area contributed by atoms with E-state index in [1.165, 1.54) is 0 Å². The van der Waals surface area contributed by atoms with E-state index in [0.29, 0.717) is 17.8 Å². The Balaban J connectivity index is 1.34. The number of hydrogen-bond donors (Lipinski definition) is 2. The van der Waals surface area contributed by atoms with Crippen LogP contribution >= 0.6 is 11.3 Å². The average Bonchev–Trinajstić information content (AvgIpc) is 3.37. The number of hydrogen-bond acceptors (Lipinski definition) is 5. The van der Waals surface area contributed by atoms with Gasteiger partial charge in [0.15, 0.2) is 0 Å². The fourth-order valence-corrected chi connectivity index (χ4v) is 5.22. The Morgan fingerprint density at radius 1 is 1.13 bits per heavy atom. The molecule has 152 valence electrons. The molecule has 0 saturated carbocycles. The molecular formula is C22H20N4O3S. The quantitative estimate of drug-likeness (QED) is 0.681. The molecule has 1 unspecified atom stereocenters. The maximum Gasteiger partial charge on any atom is 0.254 e. The van der Waals surface area contributed by atoms with Gasteiger partial charge in [-0.2, -0.15) is 0 Å². The van der Waals surface area contributed by atoms with Crippen molar-refractivity contribution in [2.45, 2.75) is 31.3 Å². The lowest BCUT2D eigenvalue weighted by atomic mass is 10.1. The van der Waals surface area contributed by atoms with Crippen LogP contribution in [0, 0.1) is 0 Å². The summed E-state index contributed by atoms with van der Waals surface area (Å²) in [6.07, 6.45) is 1.66. The number of thiazole rings is 1. The number of nitrogens with one attached hydrogen (secondary N) is 2. The third kappa shape index (κ3) is 3.33. The molecule has 2 aliphatic heterocycles. The molecule has 2 aliphatic rings. The number of rotatable bonds is 3. The first-order valence-corrected chi connectivity index (χ1v) is 10.8. The molecule has 1 saturated heterocycles. The molecule has 1 fully saturated rings. The SMILES string of the molecule is O=C1N[C@@H](CC(=O)N2CCCC2c2nc3ccccc3s2)C(=O)Nc2ccccc21. The van der Waals surface area contributed by atoms with Crippen LogP contribution in [0.25, 0.3) is 10.2 Å².